The number of hydrogen-bond acceptors (Lipinski definition) is 6. The fourth-order valence-electron chi connectivity index (χ4n) is 4.17. The maximum absolute atomic E-state index is 14.8. The van der Waals surface area contributed by atoms with Crippen molar-refractivity contribution in [3.63, 3.8) is 0 Å². The molecule has 1 N–H and O–H groups in total. The van der Waals surface area contributed by atoms with Gasteiger partial charge in [0, 0.05) is 32.7 Å². The highest BCUT2D eigenvalue weighted by atomic mass is 35.5. The van der Waals surface area contributed by atoms with Gasteiger partial charge < -0.3 is 14.8 Å². The third-order valence-corrected chi connectivity index (χ3v) is 8.34. The van der Waals surface area contributed by atoms with E-state index >= 15 is 0 Å². The third-order valence-electron chi connectivity index (χ3n) is 6.12. The van der Waals surface area contributed by atoms with Gasteiger partial charge in [0.1, 0.15) is 5.82 Å². The number of piperazine rings is 1. The molecule has 3 aromatic rings. The summed E-state index contributed by atoms with van der Waals surface area (Å²) in [4.78, 5) is 14.4. The van der Waals surface area contributed by atoms with E-state index in [0.29, 0.717) is 25.4 Å². The topological polar surface area (TPSA) is 88.2 Å². The lowest BCUT2D eigenvalue weighted by molar-refractivity contribution is 0.102. The van der Waals surface area contributed by atoms with Gasteiger partial charge in [-0.25, -0.2) is 12.8 Å². The lowest BCUT2D eigenvalue weighted by Crippen LogP contribution is -2.48. The third kappa shape index (κ3) is 5.03. The van der Waals surface area contributed by atoms with Crippen molar-refractivity contribution < 1.29 is 27.1 Å². The Morgan fingerprint density at radius 1 is 0.972 bits per heavy atom. The summed E-state index contributed by atoms with van der Waals surface area (Å²) in [6.45, 7) is 2.48. The van der Waals surface area contributed by atoms with Gasteiger partial charge in [0.2, 0.25) is 16.8 Å². The first-order valence-electron chi connectivity index (χ1n) is 11.3. The average Bonchev–Trinajstić information content (AvgIpc) is 3.34. The summed E-state index contributed by atoms with van der Waals surface area (Å²) in [5, 5.41) is 2.67. The van der Waals surface area contributed by atoms with Crippen molar-refractivity contribution in [3.05, 3.63) is 82.6 Å². The zero-order chi connectivity index (χ0) is 25.3. The summed E-state index contributed by atoms with van der Waals surface area (Å²) in [6, 6.07) is 15.6. The minimum atomic E-state index is -3.90. The molecule has 0 atom stereocenters. The summed E-state index contributed by atoms with van der Waals surface area (Å²) in [5.41, 5.74) is 1.10. The van der Waals surface area contributed by atoms with Crippen LogP contribution >= 0.6 is 11.6 Å². The molecule has 1 amide bonds. The lowest BCUT2D eigenvalue weighted by Gasteiger charge is -2.34. The molecule has 0 bridgehead atoms. The molecular weight excluding hydrogens is 509 g/mol. The fourth-order valence-corrected chi connectivity index (χ4v) is 5.82. The Balaban J connectivity index is 1.22. The molecule has 1 saturated heterocycles. The van der Waals surface area contributed by atoms with E-state index in [1.165, 1.54) is 22.5 Å². The number of amides is 1. The normalized spacial score (nSPS) is 16.2. The summed E-state index contributed by atoms with van der Waals surface area (Å²) < 4.78 is 53.1. The molecule has 188 valence electrons. The fraction of sp³-hybridized carbons (Fsp3) is 0.240. The molecule has 0 spiro atoms. The second kappa shape index (κ2) is 10.1. The van der Waals surface area contributed by atoms with E-state index in [2.05, 4.69) is 10.2 Å². The van der Waals surface area contributed by atoms with Crippen molar-refractivity contribution in [1.82, 2.24) is 9.21 Å². The molecule has 0 aliphatic carbocycles. The van der Waals surface area contributed by atoms with Crippen molar-refractivity contribution in [1.29, 1.82) is 0 Å². The molecular formula is C25H23ClFN3O5S. The number of carbonyl (C=O) groups excluding carboxylic acids is 1. The Bertz CT molecular complexity index is 1410. The highest BCUT2D eigenvalue weighted by Gasteiger charge is 2.29. The van der Waals surface area contributed by atoms with Gasteiger partial charge in [-0.1, -0.05) is 29.8 Å². The second-order valence-corrected chi connectivity index (χ2v) is 10.8. The minimum absolute atomic E-state index is 0.132. The maximum atomic E-state index is 14.8. The quantitative estimate of drug-likeness (QED) is 0.518. The van der Waals surface area contributed by atoms with E-state index in [-0.39, 0.29) is 41.1 Å². The van der Waals surface area contributed by atoms with Crippen LogP contribution in [0.3, 0.4) is 0 Å². The van der Waals surface area contributed by atoms with Crippen molar-refractivity contribution in [3.8, 4) is 11.5 Å². The predicted octanol–water partition coefficient (Wildman–Crippen LogP) is 3.97. The number of halogens is 2. The number of benzene rings is 3. The van der Waals surface area contributed by atoms with Gasteiger partial charge in [0.25, 0.3) is 5.91 Å². The first kappa shape index (κ1) is 24.5. The van der Waals surface area contributed by atoms with Crippen molar-refractivity contribution >= 4 is 33.2 Å². The van der Waals surface area contributed by atoms with Crippen LogP contribution in [0.1, 0.15) is 15.9 Å². The molecule has 0 unspecified atom stereocenters. The summed E-state index contributed by atoms with van der Waals surface area (Å²) in [5.74, 6) is -0.00908. The molecule has 5 rings (SSSR count). The van der Waals surface area contributed by atoms with E-state index in [0.717, 1.165) is 17.4 Å². The number of ether oxygens (including phenoxy) is 2. The predicted molar refractivity (Wildman–Crippen MR) is 132 cm³/mol. The molecule has 3 aromatic carbocycles. The molecule has 36 heavy (non-hydrogen) atoms. The smallest absolute Gasteiger partial charge is 0.257 e. The molecule has 2 aliphatic heterocycles. The van der Waals surface area contributed by atoms with Crippen molar-refractivity contribution in [2.75, 3.05) is 38.3 Å². The van der Waals surface area contributed by atoms with Gasteiger partial charge >= 0.3 is 0 Å². The average molecular weight is 532 g/mol. The molecule has 0 saturated carbocycles. The number of nitrogens with zero attached hydrogens (tertiary/aromatic N) is 2. The Hall–Kier alpha value is -3.18. The van der Waals surface area contributed by atoms with Gasteiger partial charge in [-0.2, -0.15) is 4.31 Å². The van der Waals surface area contributed by atoms with Crippen molar-refractivity contribution in [2.24, 2.45) is 0 Å². The Kier molecular flexibility index (Phi) is 6.85. The zero-order valence-electron chi connectivity index (χ0n) is 19.1. The monoisotopic (exact) mass is 531 g/mol. The summed E-state index contributed by atoms with van der Waals surface area (Å²) in [7, 11) is -3.90. The number of fused-ring (bicyclic) bond motifs is 1. The van der Waals surface area contributed by atoms with Crippen LogP contribution in [-0.4, -0.2) is 56.5 Å². The first-order valence-corrected chi connectivity index (χ1v) is 13.1. The van der Waals surface area contributed by atoms with E-state index in [9.17, 15) is 17.6 Å². The molecule has 2 heterocycles. The number of anilines is 1. The number of hydrogen-bond donors (Lipinski definition) is 1. The van der Waals surface area contributed by atoms with Gasteiger partial charge in [-0.15, -0.1) is 0 Å². The van der Waals surface area contributed by atoms with Crippen LogP contribution < -0.4 is 14.8 Å². The van der Waals surface area contributed by atoms with Crippen LogP contribution in [0.5, 0.6) is 11.5 Å². The van der Waals surface area contributed by atoms with E-state index < -0.39 is 21.7 Å². The highest BCUT2D eigenvalue weighted by Crippen LogP contribution is 2.33. The second-order valence-electron chi connectivity index (χ2n) is 8.44. The van der Waals surface area contributed by atoms with E-state index in [1.54, 1.807) is 18.2 Å². The Labute approximate surface area is 213 Å². The van der Waals surface area contributed by atoms with Crippen molar-refractivity contribution in [2.45, 2.75) is 11.4 Å². The molecule has 11 heteroatoms. The largest absolute Gasteiger partial charge is 0.454 e. The molecule has 2 aliphatic rings. The van der Waals surface area contributed by atoms with Gasteiger partial charge in [-0.05, 0) is 48.0 Å². The summed E-state index contributed by atoms with van der Waals surface area (Å²) >= 11 is 6.02. The number of nitrogens with one attached hydrogen (secondary N) is 1. The van der Waals surface area contributed by atoms with Crippen LogP contribution in [0, 0.1) is 5.82 Å². The van der Waals surface area contributed by atoms with Gasteiger partial charge in [-0.3, -0.25) is 9.69 Å². The summed E-state index contributed by atoms with van der Waals surface area (Å²) in [6.07, 6.45) is 0. The molecule has 0 radical (unpaired) electrons. The molecule has 1 fully saturated rings. The molecule has 0 aromatic heterocycles. The number of sulfonamides is 1. The van der Waals surface area contributed by atoms with Crippen LogP contribution in [0.2, 0.25) is 5.02 Å². The van der Waals surface area contributed by atoms with Crippen LogP contribution in [0.4, 0.5) is 10.1 Å². The molecule has 8 nitrogen and oxygen atoms in total. The number of rotatable bonds is 6. The minimum Gasteiger partial charge on any atom is -0.454 e. The van der Waals surface area contributed by atoms with E-state index in [4.69, 9.17) is 21.1 Å². The van der Waals surface area contributed by atoms with Crippen LogP contribution in [0.25, 0.3) is 0 Å². The lowest BCUT2D eigenvalue weighted by atomic mass is 10.2. The van der Waals surface area contributed by atoms with Gasteiger partial charge in [0.05, 0.1) is 21.2 Å². The van der Waals surface area contributed by atoms with Gasteiger partial charge in [0.15, 0.2) is 11.5 Å². The highest BCUT2D eigenvalue weighted by molar-refractivity contribution is 7.89. The zero-order valence-corrected chi connectivity index (χ0v) is 20.7. The van der Waals surface area contributed by atoms with Crippen LogP contribution in [-0.2, 0) is 16.6 Å². The van der Waals surface area contributed by atoms with Crippen LogP contribution in [0.15, 0.2) is 65.6 Å². The van der Waals surface area contributed by atoms with E-state index in [1.807, 2.05) is 18.2 Å². The standard InChI is InChI=1S/C25H23ClFN3O5S/c26-20-4-2-1-3-19(20)25(31)28-22-7-6-18(14-21(22)27)36(32,33)30-11-9-29(10-12-30)15-17-5-8-23-24(13-17)35-16-34-23/h1-8,13-14H,9-12,15-16H2,(H,28,31). The first-order chi connectivity index (χ1) is 17.3. The Morgan fingerprint density at radius 3 is 2.47 bits per heavy atom. The SMILES string of the molecule is O=C(Nc1ccc(S(=O)(=O)N2CCN(Cc3ccc4c(c3)OCO4)CC2)cc1F)c1ccccc1Cl. The number of carbonyl (C=O) groups is 1. The maximum Gasteiger partial charge on any atom is 0.257 e. The Morgan fingerprint density at radius 2 is 1.72 bits per heavy atom.